The molecule has 0 aromatic rings. The second-order valence-electron chi connectivity index (χ2n) is 2.45. The summed E-state index contributed by atoms with van der Waals surface area (Å²) in [5, 5.41) is 0.551. The van der Waals surface area contributed by atoms with Gasteiger partial charge in [-0.25, -0.2) is 4.79 Å². The normalized spacial score (nSPS) is 12.3. The van der Waals surface area contributed by atoms with Gasteiger partial charge in [-0.2, -0.15) is 0 Å². The molecule has 0 N–H and O–H groups in total. The summed E-state index contributed by atoms with van der Waals surface area (Å²) in [6, 6.07) is 0. The van der Waals surface area contributed by atoms with E-state index < -0.39 is 5.97 Å². The van der Waals surface area contributed by atoms with Gasteiger partial charge in [-0.3, -0.25) is 0 Å². The lowest BCUT2D eigenvalue weighted by molar-refractivity contribution is -0.136. The number of esters is 1. The zero-order chi connectivity index (χ0) is 11.1. The number of methoxy groups -OCH3 is 2. The van der Waals surface area contributed by atoms with E-state index in [1.54, 1.807) is 13.0 Å². The van der Waals surface area contributed by atoms with E-state index >= 15 is 0 Å². The Morgan fingerprint density at radius 3 is 2.21 bits per heavy atom. The van der Waals surface area contributed by atoms with Gasteiger partial charge in [0.1, 0.15) is 11.3 Å². The van der Waals surface area contributed by atoms with Gasteiger partial charge in [-0.05, 0) is 19.1 Å². The molecule has 14 heavy (non-hydrogen) atoms. The van der Waals surface area contributed by atoms with E-state index in [1.165, 1.54) is 20.3 Å². The third-order valence-corrected chi connectivity index (χ3v) is 1.56. The number of ether oxygens (including phenoxy) is 2. The molecular weight excluding hydrogens is 204 g/mol. The summed E-state index contributed by atoms with van der Waals surface area (Å²) in [5.74, 6) is -0.267. The van der Waals surface area contributed by atoms with Crippen LogP contribution in [0.2, 0.25) is 0 Å². The summed E-state index contributed by atoms with van der Waals surface area (Å²) in [6.45, 7) is 5.25. The summed E-state index contributed by atoms with van der Waals surface area (Å²) < 4.78 is 9.38. The predicted molar refractivity (Wildman–Crippen MR) is 55.9 cm³/mol. The molecule has 0 aromatic carbocycles. The van der Waals surface area contributed by atoms with Gasteiger partial charge in [0.2, 0.25) is 0 Å². The van der Waals surface area contributed by atoms with Crippen LogP contribution in [0.3, 0.4) is 0 Å². The molecule has 0 aliphatic rings. The van der Waals surface area contributed by atoms with Gasteiger partial charge in [0, 0.05) is 5.03 Å². The van der Waals surface area contributed by atoms with E-state index in [0.29, 0.717) is 5.03 Å². The molecule has 78 valence electrons. The molecule has 0 fully saturated rings. The molecule has 0 bridgehead atoms. The van der Waals surface area contributed by atoms with Crippen LogP contribution in [0.4, 0.5) is 0 Å². The monoisotopic (exact) mass is 216 g/mol. The van der Waals surface area contributed by atoms with Crippen molar-refractivity contribution in [1.82, 2.24) is 0 Å². The average Bonchev–Trinajstić information content (AvgIpc) is 2.16. The Hall–Kier alpha value is -1.22. The zero-order valence-corrected chi connectivity index (χ0v) is 9.22. The highest BCUT2D eigenvalue weighted by atomic mass is 35.5. The number of carbonyl (C=O) groups excluding carboxylic acids is 1. The van der Waals surface area contributed by atoms with Crippen molar-refractivity contribution in [1.29, 1.82) is 0 Å². The highest BCUT2D eigenvalue weighted by Crippen LogP contribution is 2.11. The van der Waals surface area contributed by atoms with Crippen molar-refractivity contribution in [3.05, 3.63) is 35.1 Å². The van der Waals surface area contributed by atoms with Crippen molar-refractivity contribution in [3.8, 4) is 0 Å². The summed E-state index contributed by atoms with van der Waals surface area (Å²) >= 11 is 5.61. The highest BCUT2D eigenvalue weighted by Gasteiger charge is 2.12. The first-order chi connectivity index (χ1) is 6.52. The molecule has 0 amide bonds. The third-order valence-electron chi connectivity index (χ3n) is 1.43. The Bertz CT molecular complexity index is 268. The fourth-order valence-electron chi connectivity index (χ4n) is 0.693. The van der Waals surface area contributed by atoms with Crippen molar-refractivity contribution in [3.63, 3.8) is 0 Å². The molecule has 0 aromatic heterocycles. The molecule has 0 unspecified atom stereocenters. The minimum atomic E-state index is -0.508. The minimum absolute atomic E-state index is 0.242. The molecule has 3 nitrogen and oxygen atoms in total. The van der Waals surface area contributed by atoms with Gasteiger partial charge < -0.3 is 9.47 Å². The van der Waals surface area contributed by atoms with Gasteiger partial charge in [-0.15, -0.1) is 0 Å². The Morgan fingerprint density at radius 2 is 1.86 bits per heavy atom. The lowest BCUT2D eigenvalue weighted by Crippen LogP contribution is -2.07. The SMILES string of the molecule is C=C(OC)/C(=C\C=C(/C)Cl)C(=O)OC. The van der Waals surface area contributed by atoms with E-state index in [4.69, 9.17) is 16.3 Å². The number of hydrogen-bond acceptors (Lipinski definition) is 3. The van der Waals surface area contributed by atoms with Crippen LogP contribution < -0.4 is 0 Å². The first-order valence-electron chi connectivity index (χ1n) is 3.88. The predicted octanol–water partition coefficient (Wildman–Crippen LogP) is 2.39. The lowest BCUT2D eigenvalue weighted by atomic mass is 10.2. The van der Waals surface area contributed by atoms with Crippen LogP contribution in [0, 0.1) is 0 Å². The standard InChI is InChI=1S/C10H13ClO3/c1-7(11)5-6-9(8(2)13-3)10(12)14-4/h5-6H,2H2,1,3-4H3/b7-5+,9-6+. The van der Waals surface area contributed by atoms with E-state index in [0.717, 1.165) is 0 Å². The van der Waals surface area contributed by atoms with Gasteiger partial charge in [-0.1, -0.05) is 18.2 Å². The molecule has 0 saturated carbocycles. The first-order valence-corrected chi connectivity index (χ1v) is 4.26. The van der Waals surface area contributed by atoms with Gasteiger partial charge in [0.05, 0.1) is 14.2 Å². The smallest absolute Gasteiger partial charge is 0.341 e. The lowest BCUT2D eigenvalue weighted by Gasteiger charge is -2.06. The fourth-order valence-corrected chi connectivity index (χ4v) is 0.756. The number of allylic oxidation sites excluding steroid dienone is 3. The molecule has 0 spiro atoms. The largest absolute Gasteiger partial charge is 0.496 e. The summed E-state index contributed by atoms with van der Waals surface area (Å²) in [7, 11) is 2.72. The summed E-state index contributed by atoms with van der Waals surface area (Å²) in [5.41, 5.74) is 0.245. The topological polar surface area (TPSA) is 35.5 Å². The highest BCUT2D eigenvalue weighted by molar-refractivity contribution is 6.29. The molecule has 4 heteroatoms. The van der Waals surface area contributed by atoms with Crippen molar-refractivity contribution >= 4 is 17.6 Å². The molecule has 0 radical (unpaired) electrons. The molecule has 0 aliphatic heterocycles. The van der Waals surface area contributed by atoms with Crippen LogP contribution in [0.25, 0.3) is 0 Å². The second-order valence-corrected chi connectivity index (χ2v) is 3.05. The maximum absolute atomic E-state index is 11.2. The van der Waals surface area contributed by atoms with Crippen molar-refractivity contribution in [2.75, 3.05) is 14.2 Å². The van der Waals surface area contributed by atoms with E-state index in [9.17, 15) is 4.79 Å². The van der Waals surface area contributed by atoms with E-state index in [1.807, 2.05) is 0 Å². The van der Waals surface area contributed by atoms with Crippen LogP contribution in [-0.2, 0) is 14.3 Å². The van der Waals surface area contributed by atoms with Gasteiger partial charge in [0.25, 0.3) is 0 Å². The average molecular weight is 217 g/mol. The minimum Gasteiger partial charge on any atom is -0.496 e. The van der Waals surface area contributed by atoms with Crippen molar-refractivity contribution in [2.24, 2.45) is 0 Å². The summed E-state index contributed by atoms with van der Waals surface area (Å²) in [4.78, 5) is 11.2. The van der Waals surface area contributed by atoms with Crippen LogP contribution in [0.1, 0.15) is 6.92 Å². The molecule has 0 saturated heterocycles. The van der Waals surface area contributed by atoms with Crippen molar-refractivity contribution in [2.45, 2.75) is 6.92 Å². The summed E-state index contributed by atoms with van der Waals surface area (Å²) in [6.07, 6.45) is 3.07. The second kappa shape index (κ2) is 6.27. The van der Waals surface area contributed by atoms with E-state index in [2.05, 4.69) is 11.3 Å². The molecule has 0 aliphatic carbocycles. The van der Waals surface area contributed by atoms with Crippen LogP contribution in [0.15, 0.2) is 35.1 Å². The number of rotatable bonds is 4. The Labute approximate surface area is 88.6 Å². The molecule has 0 rings (SSSR count). The number of hydrogen-bond donors (Lipinski definition) is 0. The van der Waals surface area contributed by atoms with Crippen LogP contribution in [-0.4, -0.2) is 20.2 Å². The zero-order valence-electron chi connectivity index (χ0n) is 8.46. The molecule has 0 atom stereocenters. The quantitative estimate of drug-likeness (QED) is 0.313. The number of halogens is 1. The molecular formula is C10H13ClO3. The Kier molecular flexibility index (Phi) is 5.72. The molecule has 0 heterocycles. The maximum Gasteiger partial charge on any atom is 0.341 e. The number of carbonyl (C=O) groups is 1. The van der Waals surface area contributed by atoms with Crippen molar-refractivity contribution < 1.29 is 14.3 Å². The third kappa shape index (κ3) is 4.14. The Morgan fingerprint density at radius 1 is 1.29 bits per heavy atom. The van der Waals surface area contributed by atoms with Gasteiger partial charge in [0.15, 0.2) is 0 Å². The van der Waals surface area contributed by atoms with E-state index in [-0.39, 0.29) is 11.3 Å². The first kappa shape index (κ1) is 12.8. The Balaban J connectivity index is 4.91. The van der Waals surface area contributed by atoms with Crippen LogP contribution in [0.5, 0.6) is 0 Å². The van der Waals surface area contributed by atoms with Gasteiger partial charge >= 0.3 is 5.97 Å². The van der Waals surface area contributed by atoms with Crippen LogP contribution >= 0.6 is 11.6 Å². The fraction of sp³-hybridized carbons (Fsp3) is 0.300. The maximum atomic E-state index is 11.2.